The van der Waals surface area contributed by atoms with Crippen molar-refractivity contribution < 1.29 is 9.90 Å². The highest BCUT2D eigenvalue weighted by molar-refractivity contribution is 5.91. The van der Waals surface area contributed by atoms with Crippen molar-refractivity contribution in [2.24, 2.45) is 0 Å². The Bertz CT molecular complexity index is 121. The van der Waals surface area contributed by atoms with Gasteiger partial charge < -0.3 is 10.4 Å². The predicted molar refractivity (Wildman–Crippen MR) is 46.0 cm³/mol. The topological polar surface area (TPSA) is 49.3 Å². The first-order valence-corrected chi connectivity index (χ1v) is 3.64. The van der Waals surface area contributed by atoms with Crippen LogP contribution in [0.1, 0.15) is 27.2 Å². The fraction of sp³-hybridized carbons (Fsp3) is 0.625. The van der Waals surface area contributed by atoms with Crippen LogP contribution in [0.4, 0.5) is 0 Å². The van der Waals surface area contributed by atoms with Crippen molar-refractivity contribution in [2.45, 2.75) is 27.2 Å². The van der Waals surface area contributed by atoms with Crippen LogP contribution in [-0.2, 0) is 4.79 Å². The van der Waals surface area contributed by atoms with Gasteiger partial charge in [0.2, 0.25) is 5.91 Å². The average molecular weight is 159 g/mol. The van der Waals surface area contributed by atoms with Gasteiger partial charge in [-0.05, 0) is 6.92 Å². The minimum atomic E-state index is -0.328. The summed E-state index contributed by atoms with van der Waals surface area (Å²) in [7, 11) is 0. The summed E-state index contributed by atoms with van der Waals surface area (Å²) in [4.78, 5) is 10.4. The summed E-state index contributed by atoms with van der Waals surface area (Å²) in [6.45, 7) is 8.85. The van der Waals surface area contributed by atoms with Crippen molar-refractivity contribution in [3.8, 4) is 0 Å². The summed E-state index contributed by atoms with van der Waals surface area (Å²) in [5, 5.41) is 10.3. The van der Waals surface area contributed by atoms with E-state index in [1.165, 1.54) is 6.42 Å². The van der Waals surface area contributed by atoms with E-state index in [9.17, 15) is 4.79 Å². The number of hydrogen-bond acceptors (Lipinski definition) is 2. The van der Waals surface area contributed by atoms with Crippen LogP contribution in [0.3, 0.4) is 0 Å². The molecule has 66 valence electrons. The average Bonchev–Trinajstić information content (AvgIpc) is 1.90. The second-order valence-electron chi connectivity index (χ2n) is 2.15. The summed E-state index contributed by atoms with van der Waals surface area (Å²) in [5.41, 5.74) is 0.402. The number of aliphatic hydroxyl groups is 1. The van der Waals surface area contributed by atoms with Crippen LogP contribution in [0.15, 0.2) is 12.2 Å². The van der Waals surface area contributed by atoms with Crippen molar-refractivity contribution in [2.75, 3.05) is 6.73 Å². The lowest BCUT2D eigenvalue weighted by atomic mass is 10.3. The molecule has 0 spiro atoms. The van der Waals surface area contributed by atoms with Crippen molar-refractivity contribution in [1.29, 1.82) is 0 Å². The maximum atomic E-state index is 10.4. The first-order chi connectivity index (χ1) is 5.09. The summed E-state index contributed by atoms with van der Waals surface area (Å²) in [6, 6.07) is 0. The SMILES string of the molecule is C=C(C)C(=O)NCO.CCC. The molecule has 3 heteroatoms. The van der Waals surface area contributed by atoms with Gasteiger partial charge in [-0.25, -0.2) is 0 Å². The highest BCUT2D eigenvalue weighted by atomic mass is 16.3. The Balaban J connectivity index is 0. The Hall–Kier alpha value is -0.830. The fourth-order valence-corrected chi connectivity index (χ4v) is 0.223. The number of carbonyl (C=O) groups excluding carboxylic acids is 1. The van der Waals surface area contributed by atoms with E-state index in [1.54, 1.807) is 6.92 Å². The molecule has 0 rings (SSSR count). The standard InChI is InChI=1S/C5H9NO2.C3H8/c1-4(2)5(8)6-3-7;1-3-2/h7H,1,3H2,2H3,(H,6,8);3H2,1-2H3. The molecule has 0 aromatic carbocycles. The maximum Gasteiger partial charge on any atom is 0.248 e. The van der Waals surface area contributed by atoms with Gasteiger partial charge in [0.05, 0.1) is 0 Å². The van der Waals surface area contributed by atoms with Gasteiger partial charge in [0, 0.05) is 5.57 Å². The van der Waals surface area contributed by atoms with Crippen LogP contribution in [0.2, 0.25) is 0 Å². The first kappa shape index (κ1) is 12.8. The van der Waals surface area contributed by atoms with E-state index in [1.807, 2.05) is 0 Å². The molecule has 0 saturated carbocycles. The Morgan fingerprint density at radius 1 is 1.55 bits per heavy atom. The minimum Gasteiger partial charge on any atom is -0.376 e. The number of carbonyl (C=O) groups is 1. The van der Waals surface area contributed by atoms with Crippen LogP contribution in [0, 0.1) is 0 Å². The van der Waals surface area contributed by atoms with E-state index in [-0.39, 0.29) is 12.6 Å². The van der Waals surface area contributed by atoms with Crippen molar-refractivity contribution in [1.82, 2.24) is 5.32 Å². The summed E-state index contributed by atoms with van der Waals surface area (Å²) in [6.07, 6.45) is 1.25. The molecule has 0 aromatic rings. The quantitative estimate of drug-likeness (QED) is 0.467. The summed E-state index contributed by atoms with van der Waals surface area (Å²) in [5.74, 6) is -0.312. The lowest BCUT2D eigenvalue weighted by Gasteiger charge is -1.96. The molecular weight excluding hydrogens is 142 g/mol. The smallest absolute Gasteiger partial charge is 0.248 e. The zero-order valence-corrected chi connectivity index (χ0v) is 7.48. The van der Waals surface area contributed by atoms with Gasteiger partial charge in [0.1, 0.15) is 6.73 Å². The van der Waals surface area contributed by atoms with E-state index in [0.29, 0.717) is 5.57 Å². The van der Waals surface area contributed by atoms with E-state index >= 15 is 0 Å². The molecule has 3 nitrogen and oxygen atoms in total. The maximum absolute atomic E-state index is 10.4. The van der Waals surface area contributed by atoms with Gasteiger partial charge in [0.15, 0.2) is 0 Å². The Morgan fingerprint density at radius 2 is 1.91 bits per heavy atom. The number of hydrogen-bond donors (Lipinski definition) is 2. The monoisotopic (exact) mass is 159 g/mol. The number of rotatable bonds is 2. The fourth-order valence-electron chi connectivity index (χ4n) is 0.223. The molecule has 1 amide bonds. The van der Waals surface area contributed by atoms with E-state index in [2.05, 4.69) is 25.7 Å². The van der Waals surface area contributed by atoms with Gasteiger partial charge in [-0.2, -0.15) is 0 Å². The van der Waals surface area contributed by atoms with E-state index < -0.39 is 0 Å². The molecule has 0 fully saturated rings. The molecule has 0 unspecified atom stereocenters. The largest absolute Gasteiger partial charge is 0.376 e. The van der Waals surface area contributed by atoms with E-state index in [0.717, 1.165) is 0 Å². The second-order valence-corrected chi connectivity index (χ2v) is 2.15. The van der Waals surface area contributed by atoms with Gasteiger partial charge >= 0.3 is 0 Å². The zero-order chi connectivity index (χ0) is 9.28. The molecular formula is C8H17NO2. The molecule has 11 heavy (non-hydrogen) atoms. The Labute approximate surface area is 68.1 Å². The molecule has 0 radical (unpaired) electrons. The van der Waals surface area contributed by atoms with E-state index in [4.69, 9.17) is 5.11 Å². The van der Waals surface area contributed by atoms with Gasteiger partial charge in [-0.15, -0.1) is 0 Å². The van der Waals surface area contributed by atoms with Crippen LogP contribution in [-0.4, -0.2) is 17.7 Å². The lowest BCUT2D eigenvalue weighted by Crippen LogP contribution is -2.24. The van der Waals surface area contributed by atoms with Crippen molar-refractivity contribution in [3.05, 3.63) is 12.2 Å². The van der Waals surface area contributed by atoms with Gasteiger partial charge in [0.25, 0.3) is 0 Å². The first-order valence-electron chi connectivity index (χ1n) is 3.64. The lowest BCUT2D eigenvalue weighted by molar-refractivity contribution is -0.118. The summed E-state index contributed by atoms with van der Waals surface area (Å²) < 4.78 is 0. The molecule has 0 atom stereocenters. The van der Waals surface area contributed by atoms with Crippen LogP contribution >= 0.6 is 0 Å². The molecule has 0 aliphatic heterocycles. The molecule has 2 N–H and O–H groups in total. The highest BCUT2D eigenvalue weighted by Crippen LogP contribution is 1.82. The van der Waals surface area contributed by atoms with Crippen molar-refractivity contribution in [3.63, 3.8) is 0 Å². The zero-order valence-electron chi connectivity index (χ0n) is 7.48. The van der Waals surface area contributed by atoms with Crippen LogP contribution in [0.5, 0.6) is 0 Å². The second kappa shape index (κ2) is 9.17. The molecule has 0 aromatic heterocycles. The van der Waals surface area contributed by atoms with Gasteiger partial charge in [-0.1, -0.05) is 26.8 Å². The Kier molecular flexibility index (Phi) is 10.7. The molecule has 0 saturated heterocycles. The molecule has 0 aliphatic rings. The molecule has 0 heterocycles. The third kappa shape index (κ3) is 12.4. The van der Waals surface area contributed by atoms with Crippen LogP contribution in [0.25, 0.3) is 0 Å². The summed E-state index contributed by atoms with van der Waals surface area (Å²) >= 11 is 0. The van der Waals surface area contributed by atoms with Crippen molar-refractivity contribution >= 4 is 5.91 Å². The highest BCUT2D eigenvalue weighted by Gasteiger charge is 1.95. The van der Waals surface area contributed by atoms with Crippen LogP contribution < -0.4 is 5.32 Å². The number of amides is 1. The normalized spacial score (nSPS) is 7.64. The number of aliphatic hydroxyl groups excluding tert-OH is 1. The Morgan fingerprint density at radius 3 is 2.00 bits per heavy atom. The molecule has 0 bridgehead atoms. The third-order valence-electron chi connectivity index (χ3n) is 0.627. The predicted octanol–water partition coefficient (Wildman–Crippen LogP) is 1.04. The molecule has 0 aliphatic carbocycles. The number of nitrogens with one attached hydrogen (secondary N) is 1. The third-order valence-corrected chi connectivity index (χ3v) is 0.627. The van der Waals surface area contributed by atoms with Gasteiger partial charge in [-0.3, -0.25) is 4.79 Å². The minimum absolute atomic E-state index is 0.312.